The van der Waals surface area contributed by atoms with Crippen molar-refractivity contribution < 1.29 is 32.7 Å². The molecule has 29 heavy (non-hydrogen) atoms. The molecule has 2 aromatic rings. The lowest BCUT2D eigenvalue weighted by Crippen LogP contribution is -2.18. The first-order chi connectivity index (χ1) is 13.6. The molecule has 0 bridgehead atoms. The fourth-order valence-electron chi connectivity index (χ4n) is 2.25. The minimum Gasteiger partial charge on any atom is -0.481 e. The Morgan fingerprint density at radius 3 is 2.17 bits per heavy atom. The molecule has 0 aliphatic carbocycles. The zero-order valence-corrected chi connectivity index (χ0v) is 15.8. The molecular weight excluding hydrogens is 409 g/mol. The van der Waals surface area contributed by atoms with Crippen LogP contribution in [0.15, 0.2) is 53.4 Å². The summed E-state index contributed by atoms with van der Waals surface area (Å²) in [6, 6.07) is 11.2. The molecule has 0 heterocycles. The maximum Gasteiger partial charge on any atom is 0.418 e. The summed E-state index contributed by atoms with van der Waals surface area (Å²) in [7, 11) is 0. The third-order valence-electron chi connectivity index (χ3n) is 3.58. The molecule has 0 saturated heterocycles. The maximum absolute atomic E-state index is 13.0. The van der Waals surface area contributed by atoms with Gasteiger partial charge in [-0.1, -0.05) is 12.1 Å². The zero-order valence-electron chi connectivity index (χ0n) is 15.0. The monoisotopic (exact) mass is 426 g/mol. The molecule has 2 amide bonds. The van der Waals surface area contributed by atoms with E-state index in [1.807, 2.05) is 0 Å². The van der Waals surface area contributed by atoms with Crippen LogP contribution in [0.3, 0.4) is 0 Å². The second kappa shape index (κ2) is 9.97. The van der Waals surface area contributed by atoms with E-state index in [2.05, 4.69) is 10.6 Å². The zero-order chi connectivity index (χ0) is 21.4. The van der Waals surface area contributed by atoms with Crippen LogP contribution in [0.5, 0.6) is 0 Å². The second-order valence-electron chi connectivity index (χ2n) is 5.85. The average Bonchev–Trinajstić information content (AvgIpc) is 2.65. The van der Waals surface area contributed by atoms with Crippen LogP contribution >= 0.6 is 11.8 Å². The lowest BCUT2D eigenvalue weighted by Gasteiger charge is -2.13. The van der Waals surface area contributed by atoms with Gasteiger partial charge in [0.1, 0.15) is 0 Å². The van der Waals surface area contributed by atoms with E-state index in [-0.39, 0.29) is 24.3 Å². The van der Waals surface area contributed by atoms with Crippen LogP contribution in [-0.2, 0) is 20.6 Å². The van der Waals surface area contributed by atoms with Crippen LogP contribution in [0.4, 0.5) is 24.5 Å². The summed E-state index contributed by atoms with van der Waals surface area (Å²) in [4.78, 5) is 34.7. The number of aliphatic carboxylic acids is 1. The number of hydrogen-bond acceptors (Lipinski definition) is 4. The number of benzene rings is 2. The van der Waals surface area contributed by atoms with E-state index in [9.17, 15) is 27.6 Å². The first-order valence-electron chi connectivity index (χ1n) is 8.36. The van der Waals surface area contributed by atoms with Gasteiger partial charge >= 0.3 is 12.1 Å². The smallest absolute Gasteiger partial charge is 0.418 e. The van der Waals surface area contributed by atoms with Gasteiger partial charge in [-0.25, -0.2) is 0 Å². The van der Waals surface area contributed by atoms with Crippen molar-refractivity contribution in [2.24, 2.45) is 0 Å². The van der Waals surface area contributed by atoms with Crippen LogP contribution in [-0.4, -0.2) is 28.6 Å². The van der Waals surface area contributed by atoms with E-state index in [0.29, 0.717) is 10.6 Å². The molecule has 10 heteroatoms. The van der Waals surface area contributed by atoms with Gasteiger partial charge in [-0.15, -0.1) is 11.8 Å². The first-order valence-corrected chi connectivity index (χ1v) is 9.34. The Balaban J connectivity index is 1.87. The Labute approximate surface area is 168 Å². The van der Waals surface area contributed by atoms with Gasteiger partial charge in [-0.3, -0.25) is 14.4 Å². The highest BCUT2D eigenvalue weighted by Gasteiger charge is 2.33. The fourth-order valence-corrected chi connectivity index (χ4v) is 2.95. The van der Waals surface area contributed by atoms with Gasteiger partial charge in [0.05, 0.1) is 23.4 Å². The predicted molar refractivity (Wildman–Crippen MR) is 103 cm³/mol. The van der Waals surface area contributed by atoms with Crippen LogP contribution in [0.2, 0.25) is 0 Å². The summed E-state index contributed by atoms with van der Waals surface area (Å²) in [5.41, 5.74) is -0.750. The fraction of sp³-hybridized carbons (Fsp3) is 0.211. The van der Waals surface area contributed by atoms with Crippen LogP contribution in [0.25, 0.3) is 0 Å². The van der Waals surface area contributed by atoms with Crippen molar-refractivity contribution >= 4 is 40.9 Å². The van der Waals surface area contributed by atoms with E-state index >= 15 is 0 Å². The van der Waals surface area contributed by atoms with Crippen molar-refractivity contribution in [3.63, 3.8) is 0 Å². The standard InChI is InChI=1S/C19H17F3N2O4S/c20-19(21,22)14-3-1-2-4-15(14)24-17(26)11-29-13-7-5-12(6-8-13)23-16(25)9-10-18(27)28/h1-8H,9-11H2,(H,23,25)(H,24,26)(H,27,28). The van der Waals surface area contributed by atoms with Crippen molar-refractivity contribution in [1.82, 2.24) is 0 Å². The number of thioether (sulfide) groups is 1. The number of carbonyl (C=O) groups is 3. The lowest BCUT2D eigenvalue weighted by atomic mass is 10.1. The van der Waals surface area contributed by atoms with Gasteiger partial charge in [0, 0.05) is 17.0 Å². The SMILES string of the molecule is O=C(O)CCC(=O)Nc1ccc(SCC(=O)Nc2ccccc2C(F)(F)F)cc1. The van der Waals surface area contributed by atoms with Gasteiger partial charge < -0.3 is 15.7 Å². The van der Waals surface area contributed by atoms with E-state index in [1.54, 1.807) is 24.3 Å². The Kier molecular flexibility index (Phi) is 7.66. The third kappa shape index (κ3) is 7.49. The van der Waals surface area contributed by atoms with Gasteiger partial charge in [0.2, 0.25) is 11.8 Å². The molecule has 0 aliphatic rings. The van der Waals surface area contributed by atoms with E-state index in [1.165, 1.54) is 18.2 Å². The Bertz CT molecular complexity index is 886. The number of carboxylic acids is 1. The molecule has 2 rings (SSSR count). The summed E-state index contributed by atoms with van der Waals surface area (Å²) in [6.45, 7) is 0. The Hall–Kier alpha value is -3.01. The summed E-state index contributed by atoms with van der Waals surface area (Å²) < 4.78 is 38.9. The number of halogens is 3. The van der Waals surface area contributed by atoms with Crippen molar-refractivity contribution in [3.05, 3.63) is 54.1 Å². The number of carboxylic acid groups (broad SMARTS) is 1. The lowest BCUT2D eigenvalue weighted by molar-refractivity contribution is -0.138. The molecule has 0 atom stereocenters. The number of rotatable bonds is 8. The van der Waals surface area contributed by atoms with E-state index in [4.69, 9.17) is 5.11 Å². The number of alkyl halides is 3. The normalized spacial score (nSPS) is 11.0. The first kappa shape index (κ1) is 22.3. The molecule has 154 valence electrons. The highest BCUT2D eigenvalue weighted by atomic mass is 32.2. The molecule has 0 aliphatic heterocycles. The minimum atomic E-state index is -4.57. The number of carbonyl (C=O) groups excluding carboxylic acids is 2. The predicted octanol–water partition coefficient (Wildman–Crippen LogP) is 4.24. The molecule has 2 aromatic carbocycles. The summed E-state index contributed by atoms with van der Waals surface area (Å²) in [5, 5.41) is 13.4. The van der Waals surface area contributed by atoms with E-state index < -0.39 is 29.5 Å². The van der Waals surface area contributed by atoms with E-state index in [0.717, 1.165) is 17.8 Å². The summed E-state index contributed by atoms with van der Waals surface area (Å²) >= 11 is 1.12. The molecule has 0 aromatic heterocycles. The molecule has 0 spiro atoms. The minimum absolute atomic E-state index is 0.101. The van der Waals surface area contributed by atoms with Crippen molar-refractivity contribution in [2.75, 3.05) is 16.4 Å². The Morgan fingerprint density at radius 2 is 1.55 bits per heavy atom. The molecular formula is C19H17F3N2O4S. The van der Waals surface area contributed by atoms with Gasteiger partial charge in [0.25, 0.3) is 0 Å². The number of nitrogens with one attached hydrogen (secondary N) is 2. The molecule has 0 saturated carbocycles. The number of hydrogen-bond donors (Lipinski definition) is 3. The quantitative estimate of drug-likeness (QED) is 0.549. The molecule has 3 N–H and O–H groups in total. The number of para-hydroxylation sites is 1. The Morgan fingerprint density at radius 1 is 0.897 bits per heavy atom. The molecule has 6 nitrogen and oxygen atoms in total. The van der Waals surface area contributed by atoms with Crippen molar-refractivity contribution in [2.45, 2.75) is 23.9 Å². The van der Waals surface area contributed by atoms with Gasteiger partial charge in [-0.05, 0) is 36.4 Å². The van der Waals surface area contributed by atoms with Crippen LogP contribution in [0, 0.1) is 0 Å². The van der Waals surface area contributed by atoms with Crippen LogP contribution in [0.1, 0.15) is 18.4 Å². The maximum atomic E-state index is 13.0. The topological polar surface area (TPSA) is 95.5 Å². The van der Waals surface area contributed by atoms with Crippen molar-refractivity contribution in [3.8, 4) is 0 Å². The van der Waals surface area contributed by atoms with Gasteiger partial charge in [-0.2, -0.15) is 13.2 Å². The third-order valence-corrected chi connectivity index (χ3v) is 4.59. The number of amides is 2. The molecule has 0 fully saturated rings. The largest absolute Gasteiger partial charge is 0.481 e. The highest BCUT2D eigenvalue weighted by molar-refractivity contribution is 8.00. The van der Waals surface area contributed by atoms with Crippen LogP contribution < -0.4 is 10.6 Å². The second-order valence-corrected chi connectivity index (χ2v) is 6.90. The van der Waals surface area contributed by atoms with Crippen molar-refractivity contribution in [1.29, 1.82) is 0 Å². The summed E-state index contributed by atoms with van der Waals surface area (Å²) in [6.07, 6.45) is -4.99. The molecule has 0 unspecified atom stereocenters. The van der Waals surface area contributed by atoms with Gasteiger partial charge in [0.15, 0.2) is 0 Å². The summed E-state index contributed by atoms with van der Waals surface area (Å²) in [5.74, 6) is -2.19. The average molecular weight is 426 g/mol. The molecule has 0 radical (unpaired) electrons. The number of anilines is 2. The highest BCUT2D eigenvalue weighted by Crippen LogP contribution is 2.34.